The zero-order valence-electron chi connectivity index (χ0n) is 13.9. The van der Waals surface area contributed by atoms with E-state index in [0.29, 0.717) is 6.61 Å². The second kappa shape index (κ2) is 9.39. The van der Waals surface area contributed by atoms with Gasteiger partial charge in [-0.05, 0) is 0 Å². The van der Waals surface area contributed by atoms with E-state index in [1.807, 2.05) is 0 Å². The van der Waals surface area contributed by atoms with Crippen LogP contribution >= 0.6 is 0 Å². The number of hydrogen-bond donors (Lipinski definition) is 0. The van der Waals surface area contributed by atoms with Crippen molar-refractivity contribution in [1.29, 1.82) is 0 Å². The predicted molar refractivity (Wildman–Crippen MR) is 75.5 cm³/mol. The van der Waals surface area contributed by atoms with Crippen LogP contribution in [-0.4, -0.2) is 84.9 Å². The summed E-state index contributed by atoms with van der Waals surface area (Å²) in [4.78, 5) is 11.3. The van der Waals surface area contributed by atoms with E-state index < -0.39 is 36.7 Å². The Labute approximate surface area is 130 Å². The summed E-state index contributed by atoms with van der Waals surface area (Å²) in [6.45, 7) is 1.63. The molecule has 0 aromatic carbocycles. The molecule has 0 saturated carbocycles. The summed E-state index contributed by atoms with van der Waals surface area (Å²) in [7, 11) is 7.64. The molecule has 22 heavy (non-hydrogen) atoms. The molecule has 0 radical (unpaired) electrons. The Kier molecular flexibility index (Phi) is 8.23. The highest BCUT2D eigenvalue weighted by Crippen LogP contribution is 2.30. The number of carbonyl (C=O) groups is 1. The fraction of sp³-hybridized carbons (Fsp3) is 0.929. The fourth-order valence-electron chi connectivity index (χ4n) is 2.64. The molecule has 0 spiro atoms. The van der Waals surface area contributed by atoms with Crippen molar-refractivity contribution in [3.8, 4) is 0 Å². The number of rotatable bonds is 8. The Balaban J connectivity index is 3.04. The summed E-state index contributed by atoms with van der Waals surface area (Å²) in [6, 6.07) is 0. The average Bonchev–Trinajstić information content (AvgIpc) is 2.51. The van der Waals surface area contributed by atoms with Crippen LogP contribution in [0.1, 0.15) is 6.92 Å². The van der Waals surface area contributed by atoms with Crippen molar-refractivity contribution in [1.82, 2.24) is 0 Å². The van der Waals surface area contributed by atoms with Gasteiger partial charge in [-0.2, -0.15) is 0 Å². The number of esters is 1. The Morgan fingerprint density at radius 1 is 1.00 bits per heavy atom. The first-order chi connectivity index (χ1) is 10.5. The number of carbonyl (C=O) groups excluding carboxylic acids is 1. The Hall–Kier alpha value is -0.770. The van der Waals surface area contributed by atoms with Gasteiger partial charge in [0.15, 0.2) is 12.4 Å². The van der Waals surface area contributed by atoms with Gasteiger partial charge in [0.05, 0.1) is 6.61 Å². The van der Waals surface area contributed by atoms with E-state index in [0.717, 1.165) is 0 Å². The Bertz CT molecular complexity index is 337. The fourth-order valence-corrected chi connectivity index (χ4v) is 2.64. The van der Waals surface area contributed by atoms with Crippen LogP contribution in [-0.2, 0) is 38.0 Å². The summed E-state index contributed by atoms with van der Waals surface area (Å²) in [5.41, 5.74) is 0. The number of hydrogen-bond acceptors (Lipinski definition) is 8. The van der Waals surface area contributed by atoms with Crippen LogP contribution in [0.25, 0.3) is 0 Å². The third-order valence-electron chi connectivity index (χ3n) is 3.61. The first-order valence-electron chi connectivity index (χ1n) is 6.96. The first kappa shape index (κ1) is 19.3. The van der Waals surface area contributed by atoms with E-state index in [9.17, 15) is 4.79 Å². The standard InChI is InChI=1S/C14H26O8/c1-8(15)21-13-12(19-5)11(18-4)10(22-14(13)20-6)9(17-3)7-16-2/h9-14H,7H2,1-6H3/t9-,10+,11+,12-,13+,14-/m0/s1. The van der Waals surface area contributed by atoms with E-state index in [2.05, 4.69) is 0 Å². The zero-order chi connectivity index (χ0) is 16.7. The molecule has 0 amide bonds. The van der Waals surface area contributed by atoms with Crippen molar-refractivity contribution in [3.63, 3.8) is 0 Å². The van der Waals surface area contributed by atoms with Gasteiger partial charge in [-0.3, -0.25) is 4.79 Å². The lowest BCUT2D eigenvalue weighted by molar-refractivity contribution is -0.316. The molecule has 1 saturated heterocycles. The average molecular weight is 322 g/mol. The third kappa shape index (κ3) is 4.37. The van der Waals surface area contributed by atoms with Gasteiger partial charge in [-0.15, -0.1) is 0 Å². The molecule has 1 fully saturated rings. The van der Waals surface area contributed by atoms with Gasteiger partial charge >= 0.3 is 5.97 Å². The molecule has 6 atom stereocenters. The molecule has 0 bridgehead atoms. The second-order valence-electron chi connectivity index (χ2n) is 4.91. The minimum Gasteiger partial charge on any atom is -0.454 e. The van der Waals surface area contributed by atoms with E-state index in [1.54, 1.807) is 14.2 Å². The molecule has 130 valence electrons. The molecule has 1 aliphatic rings. The van der Waals surface area contributed by atoms with Crippen molar-refractivity contribution in [3.05, 3.63) is 0 Å². The van der Waals surface area contributed by atoms with Crippen LogP contribution in [0.3, 0.4) is 0 Å². The highest BCUT2D eigenvalue weighted by Gasteiger charge is 2.51. The van der Waals surface area contributed by atoms with Crippen molar-refractivity contribution >= 4 is 5.97 Å². The van der Waals surface area contributed by atoms with E-state index >= 15 is 0 Å². The molecule has 1 rings (SSSR count). The molecule has 8 nitrogen and oxygen atoms in total. The Morgan fingerprint density at radius 2 is 1.64 bits per heavy atom. The normalized spacial score (nSPS) is 33.5. The maximum Gasteiger partial charge on any atom is 0.303 e. The molecular formula is C14H26O8. The van der Waals surface area contributed by atoms with Gasteiger partial charge in [0, 0.05) is 42.5 Å². The smallest absolute Gasteiger partial charge is 0.303 e. The molecule has 1 heterocycles. The lowest BCUT2D eigenvalue weighted by atomic mass is 9.94. The van der Waals surface area contributed by atoms with Crippen LogP contribution in [0.4, 0.5) is 0 Å². The van der Waals surface area contributed by atoms with Gasteiger partial charge < -0.3 is 33.2 Å². The minimum atomic E-state index is -0.792. The van der Waals surface area contributed by atoms with Crippen molar-refractivity contribution in [2.45, 2.75) is 43.7 Å². The molecule has 0 aromatic heterocycles. The van der Waals surface area contributed by atoms with Gasteiger partial charge in [0.2, 0.25) is 0 Å². The molecule has 0 N–H and O–H groups in total. The van der Waals surface area contributed by atoms with Crippen LogP contribution in [0.5, 0.6) is 0 Å². The summed E-state index contributed by atoms with van der Waals surface area (Å²) in [6.07, 6.45) is -3.50. The summed E-state index contributed by atoms with van der Waals surface area (Å²) >= 11 is 0. The summed E-state index contributed by atoms with van der Waals surface area (Å²) in [5.74, 6) is -0.453. The monoisotopic (exact) mass is 322 g/mol. The second-order valence-corrected chi connectivity index (χ2v) is 4.91. The minimum absolute atomic E-state index is 0.312. The van der Waals surface area contributed by atoms with E-state index in [-0.39, 0.29) is 6.10 Å². The van der Waals surface area contributed by atoms with E-state index in [1.165, 1.54) is 28.3 Å². The maximum absolute atomic E-state index is 11.3. The van der Waals surface area contributed by atoms with Crippen LogP contribution < -0.4 is 0 Å². The van der Waals surface area contributed by atoms with Crippen molar-refractivity contribution in [2.75, 3.05) is 42.2 Å². The Morgan fingerprint density at radius 3 is 2.05 bits per heavy atom. The maximum atomic E-state index is 11.3. The largest absolute Gasteiger partial charge is 0.454 e. The highest BCUT2D eigenvalue weighted by atomic mass is 16.7. The molecule has 1 aliphatic heterocycles. The van der Waals surface area contributed by atoms with Crippen LogP contribution in [0.15, 0.2) is 0 Å². The number of methoxy groups -OCH3 is 5. The summed E-state index contributed by atoms with van der Waals surface area (Å²) in [5, 5.41) is 0. The van der Waals surface area contributed by atoms with Crippen molar-refractivity contribution < 1.29 is 38.0 Å². The lowest BCUT2D eigenvalue weighted by Gasteiger charge is -2.45. The quantitative estimate of drug-likeness (QED) is 0.577. The van der Waals surface area contributed by atoms with Crippen LogP contribution in [0.2, 0.25) is 0 Å². The van der Waals surface area contributed by atoms with Gasteiger partial charge in [0.1, 0.15) is 24.4 Å². The predicted octanol–water partition coefficient (Wildman–Crippen LogP) is -0.0192. The third-order valence-corrected chi connectivity index (χ3v) is 3.61. The zero-order valence-corrected chi connectivity index (χ0v) is 13.9. The van der Waals surface area contributed by atoms with E-state index in [4.69, 9.17) is 33.2 Å². The lowest BCUT2D eigenvalue weighted by Crippen LogP contribution is -2.63. The topological polar surface area (TPSA) is 81.7 Å². The van der Waals surface area contributed by atoms with Gasteiger partial charge in [0.25, 0.3) is 0 Å². The first-order valence-corrected chi connectivity index (χ1v) is 6.96. The molecular weight excluding hydrogens is 296 g/mol. The van der Waals surface area contributed by atoms with Gasteiger partial charge in [-0.1, -0.05) is 0 Å². The molecule has 0 aliphatic carbocycles. The summed E-state index contributed by atoms with van der Waals surface area (Å²) < 4.78 is 38.0. The SMILES string of the molecule is COC[C@H](OC)[C@H]1O[C@H](OC)[C@H](OC(C)=O)[C@@H](OC)[C@@H]1OC. The highest BCUT2D eigenvalue weighted by molar-refractivity contribution is 5.66. The molecule has 0 unspecified atom stereocenters. The van der Waals surface area contributed by atoms with Crippen LogP contribution in [0, 0.1) is 0 Å². The molecule has 8 heteroatoms. The number of ether oxygens (including phenoxy) is 7. The molecule has 0 aromatic rings. The van der Waals surface area contributed by atoms with Gasteiger partial charge in [-0.25, -0.2) is 0 Å². The van der Waals surface area contributed by atoms with Crippen molar-refractivity contribution in [2.24, 2.45) is 0 Å².